The van der Waals surface area contributed by atoms with E-state index >= 15 is 0 Å². The molecule has 2 rings (SSSR count). The van der Waals surface area contributed by atoms with Crippen LogP contribution in [0.2, 0.25) is 0 Å². The van der Waals surface area contributed by atoms with Gasteiger partial charge in [0.15, 0.2) is 0 Å². The maximum atomic E-state index is 11.9. The minimum atomic E-state index is -0.156. The van der Waals surface area contributed by atoms with Crippen molar-refractivity contribution in [2.75, 3.05) is 12.4 Å². The molecule has 1 aromatic carbocycles. The monoisotopic (exact) mass is 244 g/mol. The van der Waals surface area contributed by atoms with Crippen molar-refractivity contribution in [3.05, 3.63) is 48.0 Å². The first kappa shape index (κ1) is 12.2. The molecule has 94 valence electrons. The number of nitrogens with zero attached hydrogens (tertiary/aromatic N) is 2. The highest BCUT2D eigenvalue weighted by molar-refractivity contribution is 5.89. The summed E-state index contributed by atoms with van der Waals surface area (Å²) in [7, 11) is 1.73. The van der Waals surface area contributed by atoms with Crippen LogP contribution in [0.1, 0.15) is 11.4 Å². The van der Waals surface area contributed by atoms with E-state index in [0.717, 1.165) is 17.1 Å². The van der Waals surface area contributed by atoms with Crippen molar-refractivity contribution in [1.82, 2.24) is 14.9 Å². The second-order valence-corrected chi connectivity index (χ2v) is 4.19. The summed E-state index contributed by atoms with van der Waals surface area (Å²) in [5.74, 6) is 0.761. The number of imidazole rings is 1. The zero-order valence-electron chi connectivity index (χ0n) is 10.5. The predicted octanol–water partition coefficient (Wildman–Crippen LogP) is 2.38. The Bertz CT molecular complexity index is 522. The van der Waals surface area contributed by atoms with Gasteiger partial charge in [-0.2, -0.15) is 0 Å². The van der Waals surface area contributed by atoms with Gasteiger partial charge in [-0.1, -0.05) is 12.1 Å². The van der Waals surface area contributed by atoms with Gasteiger partial charge in [0.05, 0.1) is 6.54 Å². The van der Waals surface area contributed by atoms with Gasteiger partial charge in [-0.05, 0) is 24.6 Å². The molecular weight excluding hydrogens is 228 g/mol. The number of carbonyl (C=O) groups is 1. The van der Waals surface area contributed by atoms with E-state index in [-0.39, 0.29) is 6.03 Å². The Morgan fingerprint density at radius 2 is 2.33 bits per heavy atom. The Balaban J connectivity index is 1.95. The number of hydrogen-bond acceptors (Lipinski definition) is 2. The molecule has 0 aliphatic carbocycles. The molecule has 18 heavy (non-hydrogen) atoms. The molecule has 0 saturated heterocycles. The SMILES string of the molecule is Cc1cccc(NC(=O)N(C)Cc2ncc[nH]2)c1. The fourth-order valence-electron chi connectivity index (χ4n) is 1.62. The molecule has 0 aliphatic rings. The van der Waals surface area contributed by atoms with Crippen LogP contribution in [-0.2, 0) is 6.54 Å². The maximum absolute atomic E-state index is 11.9. The zero-order chi connectivity index (χ0) is 13.0. The normalized spacial score (nSPS) is 10.1. The van der Waals surface area contributed by atoms with E-state index in [1.807, 2.05) is 31.2 Å². The second kappa shape index (κ2) is 5.35. The maximum Gasteiger partial charge on any atom is 0.321 e. The Labute approximate surface area is 106 Å². The zero-order valence-corrected chi connectivity index (χ0v) is 10.5. The molecule has 0 fully saturated rings. The number of aromatic nitrogens is 2. The highest BCUT2D eigenvalue weighted by atomic mass is 16.2. The van der Waals surface area contributed by atoms with Gasteiger partial charge in [0.1, 0.15) is 5.82 Å². The summed E-state index contributed by atoms with van der Waals surface area (Å²) in [6.45, 7) is 2.44. The third kappa shape index (κ3) is 3.10. The molecule has 0 unspecified atom stereocenters. The summed E-state index contributed by atoms with van der Waals surface area (Å²) in [5, 5.41) is 2.84. The lowest BCUT2D eigenvalue weighted by Gasteiger charge is -2.16. The molecule has 5 heteroatoms. The summed E-state index contributed by atoms with van der Waals surface area (Å²) < 4.78 is 0. The lowest BCUT2D eigenvalue weighted by molar-refractivity contribution is 0.219. The average molecular weight is 244 g/mol. The van der Waals surface area contributed by atoms with E-state index in [1.54, 1.807) is 24.3 Å². The smallest absolute Gasteiger partial charge is 0.321 e. The third-order valence-corrected chi connectivity index (χ3v) is 2.56. The van der Waals surface area contributed by atoms with Crippen LogP contribution in [0.25, 0.3) is 0 Å². The van der Waals surface area contributed by atoms with E-state index < -0.39 is 0 Å². The van der Waals surface area contributed by atoms with Gasteiger partial charge in [-0.3, -0.25) is 0 Å². The fraction of sp³-hybridized carbons (Fsp3) is 0.231. The topological polar surface area (TPSA) is 61.0 Å². The number of nitrogens with one attached hydrogen (secondary N) is 2. The lowest BCUT2D eigenvalue weighted by atomic mass is 10.2. The fourth-order valence-corrected chi connectivity index (χ4v) is 1.62. The van der Waals surface area contributed by atoms with Gasteiger partial charge in [0, 0.05) is 25.1 Å². The van der Waals surface area contributed by atoms with Crippen LogP contribution in [-0.4, -0.2) is 27.9 Å². The Morgan fingerprint density at radius 3 is 3.00 bits per heavy atom. The first-order valence-electron chi connectivity index (χ1n) is 5.72. The molecule has 1 aromatic heterocycles. The van der Waals surface area contributed by atoms with Gasteiger partial charge in [0.25, 0.3) is 0 Å². The van der Waals surface area contributed by atoms with Crippen LogP contribution < -0.4 is 5.32 Å². The second-order valence-electron chi connectivity index (χ2n) is 4.19. The Morgan fingerprint density at radius 1 is 1.50 bits per heavy atom. The molecule has 0 aliphatic heterocycles. The summed E-state index contributed by atoms with van der Waals surface area (Å²) in [4.78, 5) is 20.5. The highest BCUT2D eigenvalue weighted by Crippen LogP contribution is 2.10. The van der Waals surface area contributed by atoms with Crippen molar-refractivity contribution in [2.24, 2.45) is 0 Å². The summed E-state index contributed by atoms with van der Waals surface area (Å²) in [5.41, 5.74) is 1.91. The number of urea groups is 1. The highest BCUT2D eigenvalue weighted by Gasteiger charge is 2.10. The summed E-state index contributed by atoms with van der Waals surface area (Å²) in [6.07, 6.45) is 3.41. The van der Waals surface area contributed by atoms with Gasteiger partial charge in [0.2, 0.25) is 0 Å². The minimum Gasteiger partial charge on any atom is -0.347 e. The van der Waals surface area contributed by atoms with E-state index in [1.165, 1.54) is 0 Å². The standard InChI is InChI=1S/C13H16N4O/c1-10-4-3-5-11(8-10)16-13(18)17(2)9-12-14-6-7-15-12/h3-8H,9H2,1-2H3,(H,14,15)(H,16,18). The van der Waals surface area contributed by atoms with Crippen molar-refractivity contribution >= 4 is 11.7 Å². The number of H-pyrrole nitrogens is 1. The molecule has 2 N–H and O–H groups in total. The van der Waals surface area contributed by atoms with E-state index in [2.05, 4.69) is 15.3 Å². The number of aryl methyl sites for hydroxylation is 1. The summed E-state index contributed by atoms with van der Waals surface area (Å²) in [6, 6.07) is 7.54. The van der Waals surface area contributed by atoms with Crippen LogP contribution in [0.4, 0.5) is 10.5 Å². The minimum absolute atomic E-state index is 0.156. The number of amides is 2. The van der Waals surface area contributed by atoms with Crippen molar-refractivity contribution in [2.45, 2.75) is 13.5 Å². The van der Waals surface area contributed by atoms with Crippen LogP contribution in [0.5, 0.6) is 0 Å². The van der Waals surface area contributed by atoms with Gasteiger partial charge in [-0.25, -0.2) is 9.78 Å². The van der Waals surface area contributed by atoms with E-state index in [4.69, 9.17) is 0 Å². The number of benzene rings is 1. The molecule has 0 atom stereocenters. The molecule has 0 bridgehead atoms. The van der Waals surface area contributed by atoms with Crippen LogP contribution in [0.15, 0.2) is 36.7 Å². The van der Waals surface area contributed by atoms with Crippen LogP contribution in [0, 0.1) is 6.92 Å². The van der Waals surface area contributed by atoms with Crippen molar-refractivity contribution in [3.63, 3.8) is 0 Å². The molecule has 2 aromatic rings. The summed E-state index contributed by atoms with van der Waals surface area (Å²) >= 11 is 0. The third-order valence-electron chi connectivity index (χ3n) is 2.56. The van der Waals surface area contributed by atoms with Gasteiger partial charge < -0.3 is 15.2 Å². The molecule has 0 radical (unpaired) electrons. The molecule has 0 spiro atoms. The first-order valence-corrected chi connectivity index (χ1v) is 5.72. The van der Waals surface area contributed by atoms with Gasteiger partial charge in [-0.15, -0.1) is 0 Å². The number of anilines is 1. The molecule has 2 amide bonds. The number of carbonyl (C=O) groups excluding carboxylic acids is 1. The van der Waals surface area contributed by atoms with Crippen molar-refractivity contribution in [3.8, 4) is 0 Å². The van der Waals surface area contributed by atoms with Crippen LogP contribution >= 0.6 is 0 Å². The molecule has 0 saturated carbocycles. The Kier molecular flexibility index (Phi) is 3.62. The Hall–Kier alpha value is -2.30. The predicted molar refractivity (Wildman–Crippen MR) is 70.3 cm³/mol. The largest absolute Gasteiger partial charge is 0.347 e. The number of hydrogen-bond donors (Lipinski definition) is 2. The molecule has 1 heterocycles. The van der Waals surface area contributed by atoms with Crippen molar-refractivity contribution in [1.29, 1.82) is 0 Å². The van der Waals surface area contributed by atoms with Crippen molar-refractivity contribution < 1.29 is 4.79 Å². The van der Waals surface area contributed by atoms with Gasteiger partial charge >= 0.3 is 6.03 Å². The lowest BCUT2D eigenvalue weighted by Crippen LogP contribution is -2.31. The van der Waals surface area contributed by atoms with Crippen LogP contribution in [0.3, 0.4) is 0 Å². The quantitative estimate of drug-likeness (QED) is 0.870. The average Bonchev–Trinajstić information content (AvgIpc) is 2.81. The molecular formula is C13H16N4O. The van der Waals surface area contributed by atoms with E-state index in [9.17, 15) is 4.79 Å². The number of rotatable bonds is 3. The first-order chi connectivity index (χ1) is 8.65. The molecule has 5 nitrogen and oxygen atoms in total. The van der Waals surface area contributed by atoms with E-state index in [0.29, 0.717) is 6.54 Å². The number of aromatic amines is 1.